The number of carbonyl (C=O) groups excluding carboxylic acids is 1. The van der Waals surface area contributed by atoms with E-state index in [1.165, 1.54) is 25.7 Å². The highest BCUT2D eigenvalue weighted by atomic mass is 16.4. The Kier molecular flexibility index (Phi) is 5.98. The average molecular weight is 414 g/mol. The molecule has 4 rings (SSSR count). The third-order valence-corrected chi connectivity index (χ3v) is 9.89. The minimum Gasteiger partial charge on any atom is -0.549 e. The summed E-state index contributed by atoms with van der Waals surface area (Å²) in [6.07, 6.45) is 15.9. The number of fused-ring (bicyclic) bond motifs is 5. The second-order valence-electron chi connectivity index (χ2n) is 11.8. The molecule has 1 N–H and O–H groups in total. The predicted molar refractivity (Wildman–Crippen MR) is 118 cm³/mol. The molecule has 3 saturated carbocycles. The lowest BCUT2D eigenvalue weighted by molar-refractivity contribution is -0.308. The van der Waals surface area contributed by atoms with E-state index in [4.69, 9.17) is 0 Å². The van der Waals surface area contributed by atoms with Crippen LogP contribution in [-0.4, -0.2) is 17.2 Å². The molecule has 3 heteroatoms. The Morgan fingerprint density at radius 2 is 1.90 bits per heavy atom. The number of hydrogen-bond acceptors (Lipinski definition) is 3. The minimum atomic E-state index is -0.952. The Bertz CT molecular complexity index is 722. The molecule has 0 radical (unpaired) electrons. The topological polar surface area (TPSA) is 60.4 Å². The maximum atomic E-state index is 11.9. The lowest BCUT2D eigenvalue weighted by atomic mass is 9.45. The Hall–Kier alpha value is -1.09. The number of hydrogen-bond donors (Lipinski definition) is 1. The normalized spacial score (nSPS) is 44.3. The van der Waals surface area contributed by atoms with E-state index in [0.29, 0.717) is 17.8 Å². The Morgan fingerprint density at radius 1 is 1.17 bits per heavy atom. The lowest BCUT2D eigenvalue weighted by Gasteiger charge is -2.60. The molecule has 3 fully saturated rings. The number of allylic oxidation sites excluding steroid dienone is 2. The summed E-state index contributed by atoms with van der Waals surface area (Å²) in [5, 5.41) is 22.6. The highest BCUT2D eigenvalue weighted by Crippen LogP contribution is 2.66. The number of carbonyl (C=O) groups is 1. The van der Waals surface area contributed by atoms with Crippen LogP contribution >= 0.6 is 0 Å². The van der Waals surface area contributed by atoms with E-state index in [1.807, 2.05) is 12.2 Å². The van der Waals surface area contributed by atoms with Crippen LogP contribution in [0.4, 0.5) is 0 Å². The number of aliphatic hydroxyl groups is 1. The van der Waals surface area contributed by atoms with Gasteiger partial charge in [-0.15, -0.1) is 0 Å². The predicted octanol–water partition coefficient (Wildman–Crippen LogP) is 4.89. The van der Waals surface area contributed by atoms with Gasteiger partial charge in [0.25, 0.3) is 0 Å². The van der Waals surface area contributed by atoms with Crippen LogP contribution in [0.5, 0.6) is 0 Å². The summed E-state index contributed by atoms with van der Waals surface area (Å²) >= 11 is 0. The number of carboxylic acids is 1. The molecule has 4 aliphatic rings. The van der Waals surface area contributed by atoms with Crippen molar-refractivity contribution < 1.29 is 15.0 Å². The van der Waals surface area contributed by atoms with Crippen molar-refractivity contribution >= 4 is 5.97 Å². The summed E-state index contributed by atoms with van der Waals surface area (Å²) in [6.45, 7) is 9.13. The van der Waals surface area contributed by atoms with Gasteiger partial charge < -0.3 is 15.0 Å². The standard InChI is InChI=1S/C27H42O3/c1-17(2)6-5-7-20(25(29)30)18-12-14-26(3)19(16-18)8-9-21-22-10-11-24(28)27(22,4)15-13-23(21)26/h5,7,12,17,19-24,28H,6,8-11,13-16H2,1-4H3,(H,29,30)/p-1/t19-,20-,21-,22+,23-,24-,26-,27-/m0/s1. The van der Waals surface area contributed by atoms with E-state index in [0.717, 1.165) is 49.5 Å². The monoisotopic (exact) mass is 413 g/mol. The van der Waals surface area contributed by atoms with E-state index in [2.05, 4.69) is 33.8 Å². The Balaban J connectivity index is 1.54. The zero-order chi connectivity index (χ0) is 21.7. The first-order valence-corrected chi connectivity index (χ1v) is 12.4. The summed E-state index contributed by atoms with van der Waals surface area (Å²) in [6, 6.07) is 0. The van der Waals surface area contributed by atoms with Gasteiger partial charge in [0.15, 0.2) is 0 Å². The van der Waals surface area contributed by atoms with Gasteiger partial charge in [-0.1, -0.05) is 51.5 Å². The molecule has 0 aliphatic heterocycles. The van der Waals surface area contributed by atoms with Crippen LogP contribution in [0.1, 0.15) is 85.5 Å². The number of aliphatic carboxylic acids is 1. The molecule has 0 aromatic heterocycles. The molecule has 0 saturated heterocycles. The maximum absolute atomic E-state index is 11.9. The molecule has 4 aliphatic carbocycles. The molecule has 30 heavy (non-hydrogen) atoms. The summed E-state index contributed by atoms with van der Waals surface area (Å²) in [5.74, 6) is 1.72. The van der Waals surface area contributed by atoms with Crippen LogP contribution in [0, 0.1) is 46.3 Å². The summed E-state index contributed by atoms with van der Waals surface area (Å²) in [5.41, 5.74) is 1.48. The number of aliphatic hydroxyl groups excluding tert-OH is 1. The summed E-state index contributed by atoms with van der Waals surface area (Å²) in [4.78, 5) is 11.9. The minimum absolute atomic E-state index is 0.117. The van der Waals surface area contributed by atoms with Gasteiger partial charge in [0.1, 0.15) is 0 Å². The fraction of sp³-hybridized carbons (Fsp3) is 0.815. The van der Waals surface area contributed by atoms with Crippen LogP contribution in [0.15, 0.2) is 23.8 Å². The van der Waals surface area contributed by atoms with Gasteiger partial charge in [-0.05, 0) is 98.2 Å². The SMILES string of the molecule is CC(C)CC=C[C@H](C(=O)[O-])C1=CC[C@@]2(C)[C@@H](CC[C@H]3[C@H]4CC[C@H](O)[C@@]4(C)CC[C@@H]32)C1. The van der Waals surface area contributed by atoms with Crippen LogP contribution < -0.4 is 5.11 Å². The van der Waals surface area contributed by atoms with Crippen LogP contribution in [0.25, 0.3) is 0 Å². The van der Waals surface area contributed by atoms with E-state index in [9.17, 15) is 15.0 Å². The Labute approximate surface area is 183 Å². The van der Waals surface area contributed by atoms with Crippen molar-refractivity contribution in [2.24, 2.45) is 46.3 Å². The molecule has 0 aromatic rings. The van der Waals surface area contributed by atoms with Gasteiger partial charge in [0.05, 0.1) is 12.1 Å². The molecular formula is C27H41O3-. The zero-order valence-electron chi connectivity index (χ0n) is 19.4. The van der Waals surface area contributed by atoms with Crippen molar-refractivity contribution in [2.45, 2.75) is 91.6 Å². The second-order valence-corrected chi connectivity index (χ2v) is 11.8. The van der Waals surface area contributed by atoms with Crippen molar-refractivity contribution in [1.82, 2.24) is 0 Å². The molecule has 8 atom stereocenters. The number of rotatable bonds is 5. The van der Waals surface area contributed by atoms with E-state index < -0.39 is 11.9 Å². The van der Waals surface area contributed by atoms with Crippen molar-refractivity contribution in [3.63, 3.8) is 0 Å². The molecular weight excluding hydrogens is 372 g/mol. The van der Waals surface area contributed by atoms with Gasteiger partial charge >= 0.3 is 0 Å². The molecule has 0 bridgehead atoms. The van der Waals surface area contributed by atoms with Crippen molar-refractivity contribution in [3.8, 4) is 0 Å². The van der Waals surface area contributed by atoms with Gasteiger partial charge in [0, 0.05) is 5.92 Å². The van der Waals surface area contributed by atoms with Gasteiger partial charge in [-0.25, -0.2) is 0 Å². The third kappa shape index (κ3) is 3.59. The average Bonchev–Trinajstić information content (AvgIpc) is 2.99. The Morgan fingerprint density at radius 3 is 2.60 bits per heavy atom. The molecule has 0 spiro atoms. The smallest absolute Gasteiger partial charge is 0.0596 e. The van der Waals surface area contributed by atoms with Crippen LogP contribution in [-0.2, 0) is 4.79 Å². The van der Waals surface area contributed by atoms with Crippen molar-refractivity contribution in [3.05, 3.63) is 23.8 Å². The molecule has 0 heterocycles. The second kappa shape index (κ2) is 8.11. The first-order valence-electron chi connectivity index (χ1n) is 12.4. The van der Waals surface area contributed by atoms with Gasteiger partial charge in [-0.2, -0.15) is 0 Å². The van der Waals surface area contributed by atoms with Gasteiger partial charge in [0.2, 0.25) is 0 Å². The lowest BCUT2D eigenvalue weighted by Crippen LogP contribution is -2.53. The summed E-state index contributed by atoms with van der Waals surface area (Å²) in [7, 11) is 0. The highest BCUT2D eigenvalue weighted by molar-refractivity contribution is 5.74. The molecule has 0 unspecified atom stereocenters. The first-order chi connectivity index (χ1) is 14.2. The van der Waals surface area contributed by atoms with E-state index in [1.54, 1.807) is 0 Å². The van der Waals surface area contributed by atoms with E-state index in [-0.39, 0.29) is 16.9 Å². The fourth-order valence-electron chi connectivity index (χ4n) is 7.97. The molecule has 0 aromatic carbocycles. The van der Waals surface area contributed by atoms with Crippen molar-refractivity contribution in [1.29, 1.82) is 0 Å². The van der Waals surface area contributed by atoms with Gasteiger partial charge in [-0.3, -0.25) is 0 Å². The van der Waals surface area contributed by atoms with Crippen molar-refractivity contribution in [2.75, 3.05) is 0 Å². The summed E-state index contributed by atoms with van der Waals surface area (Å²) < 4.78 is 0. The van der Waals surface area contributed by atoms with Crippen LogP contribution in [0.2, 0.25) is 0 Å². The fourth-order valence-corrected chi connectivity index (χ4v) is 7.97. The molecule has 0 amide bonds. The zero-order valence-corrected chi connectivity index (χ0v) is 19.4. The largest absolute Gasteiger partial charge is 0.549 e. The molecule has 168 valence electrons. The number of carboxylic acid groups (broad SMARTS) is 1. The highest BCUT2D eigenvalue weighted by Gasteiger charge is 2.59. The van der Waals surface area contributed by atoms with Crippen LogP contribution in [0.3, 0.4) is 0 Å². The maximum Gasteiger partial charge on any atom is 0.0596 e. The quantitative estimate of drug-likeness (QED) is 0.653. The van der Waals surface area contributed by atoms with E-state index >= 15 is 0 Å². The third-order valence-electron chi connectivity index (χ3n) is 9.89. The first kappa shape index (κ1) is 22.1. The molecule has 3 nitrogen and oxygen atoms in total.